The third-order valence-corrected chi connectivity index (χ3v) is 5.66. The largest absolute Gasteiger partial charge is 0.381 e. The van der Waals surface area contributed by atoms with Crippen LogP contribution >= 0.6 is 0 Å². The predicted molar refractivity (Wildman–Crippen MR) is 99.5 cm³/mol. The zero-order valence-corrected chi connectivity index (χ0v) is 16.0. The molecule has 2 aliphatic rings. The van der Waals surface area contributed by atoms with E-state index in [-0.39, 0.29) is 23.7 Å². The number of hydrogen-bond acceptors (Lipinski definition) is 4. The first-order valence-electron chi connectivity index (χ1n) is 9.39. The summed E-state index contributed by atoms with van der Waals surface area (Å²) < 4.78 is 13.1. The predicted octanol–water partition coefficient (Wildman–Crippen LogP) is 2.90. The molecule has 1 amide bonds. The number of rotatable bonds is 4. The van der Waals surface area contributed by atoms with Gasteiger partial charge in [0.2, 0.25) is 6.10 Å². The zero-order valence-electron chi connectivity index (χ0n) is 16.0. The molecule has 3 rings (SSSR count). The fourth-order valence-electron chi connectivity index (χ4n) is 3.80. The average Bonchev–Trinajstić information content (AvgIpc) is 3.02. The van der Waals surface area contributed by atoms with Crippen LogP contribution in [-0.4, -0.2) is 59.7 Å². The van der Waals surface area contributed by atoms with E-state index in [1.54, 1.807) is 12.1 Å². The Kier molecular flexibility index (Phi) is 5.61. The van der Waals surface area contributed by atoms with E-state index in [9.17, 15) is 9.18 Å². The zero-order chi connectivity index (χ0) is 18.8. The maximum absolute atomic E-state index is 13.1. The number of nitrogens with zero attached hydrogens (tertiary/aromatic N) is 3. The van der Waals surface area contributed by atoms with Crippen LogP contribution in [0.5, 0.6) is 0 Å². The molecule has 1 saturated heterocycles. The van der Waals surface area contributed by atoms with E-state index in [0.717, 1.165) is 31.5 Å². The fraction of sp³-hybridized carbons (Fsp3) is 0.600. The summed E-state index contributed by atoms with van der Waals surface area (Å²) in [7, 11) is 1.87. The first-order chi connectivity index (χ1) is 12.4. The Balaban J connectivity index is 1.61. The third-order valence-electron chi connectivity index (χ3n) is 5.66. The summed E-state index contributed by atoms with van der Waals surface area (Å²) in [5.41, 5.74) is 1.49. The van der Waals surface area contributed by atoms with E-state index in [1.165, 1.54) is 12.1 Å². The molecule has 0 saturated carbocycles. The summed E-state index contributed by atoms with van der Waals surface area (Å²) in [6.07, 6.45) is 1.35. The molecule has 1 aromatic carbocycles. The Morgan fingerprint density at radius 1 is 1.27 bits per heavy atom. The minimum atomic E-state index is -0.608. The first kappa shape index (κ1) is 18.8. The number of carbonyl (C=O) groups is 1. The molecule has 0 spiro atoms. The lowest BCUT2D eigenvalue weighted by molar-refractivity contribution is -0.145. The minimum absolute atomic E-state index is 0.0265. The van der Waals surface area contributed by atoms with Crippen LogP contribution in [0.4, 0.5) is 4.39 Å². The molecular weight excluding hydrogens is 333 g/mol. The number of benzene rings is 1. The number of halogens is 1. The van der Waals surface area contributed by atoms with Crippen LogP contribution in [0.25, 0.3) is 0 Å². The fourth-order valence-corrected chi connectivity index (χ4v) is 3.80. The van der Waals surface area contributed by atoms with Gasteiger partial charge in [-0.25, -0.2) is 4.39 Å². The van der Waals surface area contributed by atoms with E-state index in [4.69, 9.17) is 4.84 Å². The van der Waals surface area contributed by atoms with Crippen molar-refractivity contribution in [1.29, 1.82) is 0 Å². The van der Waals surface area contributed by atoms with Crippen molar-refractivity contribution < 1.29 is 14.0 Å². The van der Waals surface area contributed by atoms with Crippen molar-refractivity contribution in [2.75, 3.05) is 20.1 Å². The van der Waals surface area contributed by atoms with Crippen LogP contribution in [0.1, 0.15) is 39.2 Å². The molecule has 0 aliphatic carbocycles. The van der Waals surface area contributed by atoms with Gasteiger partial charge in [0.05, 0.1) is 11.6 Å². The van der Waals surface area contributed by atoms with Gasteiger partial charge in [0.25, 0.3) is 5.91 Å². The standard InChI is InChI=1S/C20H28FN3O2/c1-13(2)24-11-9-17(10-12-24)23(4)20(25)19-14(3)18(22-26-19)15-5-7-16(21)8-6-15/h5-8,13-14,17,19H,9-12H2,1-4H3/t14-,19+/m1/s1. The number of amides is 1. The van der Waals surface area contributed by atoms with Gasteiger partial charge in [-0.1, -0.05) is 24.2 Å². The molecule has 2 aliphatic heterocycles. The van der Waals surface area contributed by atoms with Crippen molar-refractivity contribution in [3.63, 3.8) is 0 Å². The van der Waals surface area contributed by atoms with Gasteiger partial charge in [-0.15, -0.1) is 0 Å². The smallest absolute Gasteiger partial charge is 0.267 e. The van der Waals surface area contributed by atoms with Crippen molar-refractivity contribution in [3.05, 3.63) is 35.6 Å². The van der Waals surface area contributed by atoms with Crippen LogP contribution in [0, 0.1) is 11.7 Å². The van der Waals surface area contributed by atoms with Crippen molar-refractivity contribution in [1.82, 2.24) is 9.80 Å². The quantitative estimate of drug-likeness (QED) is 0.828. The summed E-state index contributed by atoms with van der Waals surface area (Å²) in [6, 6.07) is 6.92. The SMILES string of the molecule is CC(C)N1CCC(N(C)C(=O)[C@H]2ON=C(c3ccc(F)cc3)[C@H]2C)CC1. The number of likely N-dealkylation sites (tertiary alicyclic amines) is 1. The van der Waals surface area contributed by atoms with E-state index < -0.39 is 6.10 Å². The molecule has 2 atom stereocenters. The molecular formula is C20H28FN3O2. The lowest BCUT2D eigenvalue weighted by Gasteiger charge is -2.39. The molecule has 142 valence electrons. The molecule has 1 aromatic rings. The molecule has 0 aromatic heterocycles. The third kappa shape index (κ3) is 3.75. The van der Waals surface area contributed by atoms with Crippen LogP contribution in [0.2, 0.25) is 0 Å². The summed E-state index contributed by atoms with van der Waals surface area (Å²) in [4.78, 5) is 22.7. The first-order valence-corrected chi connectivity index (χ1v) is 9.39. The maximum atomic E-state index is 13.1. The second-order valence-corrected chi connectivity index (χ2v) is 7.61. The van der Waals surface area contributed by atoms with Crippen molar-refractivity contribution in [2.24, 2.45) is 11.1 Å². The van der Waals surface area contributed by atoms with Gasteiger partial charge < -0.3 is 14.6 Å². The van der Waals surface area contributed by atoms with Gasteiger partial charge in [0.1, 0.15) is 5.82 Å². The molecule has 0 unspecified atom stereocenters. The lowest BCUT2D eigenvalue weighted by atomic mass is 9.92. The molecule has 6 heteroatoms. The van der Waals surface area contributed by atoms with Crippen LogP contribution < -0.4 is 0 Å². The summed E-state index contributed by atoms with van der Waals surface area (Å²) in [5.74, 6) is -0.478. The second-order valence-electron chi connectivity index (χ2n) is 7.61. The van der Waals surface area contributed by atoms with Crippen molar-refractivity contribution in [3.8, 4) is 0 Å². The molecule has 1 fully saturated rings. The van der Waals surface area contributed by atoms with Crippen LogP contribution in [0.3, 0.4) is 0 Å². The van der Waals surface area contributed by atoms with Gasteiger partial charge >= 0.3 is 0 Å². The molecule has 2 heterocycles. The average molecular weight is 361 g/mol. The van der Waals surface area contributed by atoms with Gasteiger partial charge in [-0.2, -0.15) is 0 Å². The summed E-state index contributed by atoms with van der Waals surface area (Å²) in [6.45, 7) is 8.37. The van der Waals surface area contributed by atoms with Gasteiger partial charge in [-0.05, 0) is 44.4 Å². The van der Waals surface area contributed by atoms with Crippen molar-refractivity contribution in [2.45, 2.75) is 51.8 Å². The van der Waals surface area contributed by atoms with Gasteiger partial charge in [0.15, 0.2) is 0 Å². The second kappa shape index (κ2) is 7.74. The highest BCUT2D eigenvalue weighted by atomic mass is 19.1. The number of oxime groups is 1. The number of hydrogen-bond donors (Lipinski definition) is 0. The number of likely N-dealkylation sites (N-methyl/N-ethyl adjacent to an activating group) is 1. The molecule has 26 heavy (non-hydrogen) atoms. The van der Waals surface area contributed by atoms with Gasteiger partial charge in [0, 0.05) is 32.2 Å². The molecule has 5 nitrogen and oxygen atoms in total. The monoisotopic (exact) mass is 361 g/mol. The van der Waals surface area contributed by atoms with E-state index >= 15 is 0 Å². The topological polar surface area (TPSA) is 45.1 Å². The number of carbonyl (C=O) groups excluding carboxylic acids is 1. The van der Waals surface area contributed by atoms with Gasteiger partial charge in [-0.3, -0.25) is 4.79 Å². The molecule has 0 N–H and O–H groups in total. The maximum Gasteiger partial charge on any atom is 0.267 e. The Morgan fingerprint density at radius 2 is 1.88 bits per heavy atom. The van der Waals surface area contributed by atoms with Crippen LogP contribution in [-0.2, 0) is 9.63 Å². The Hall–Kier alpha value is -1.95. The summed E-state index contributed by atoms with van der Waals surface area (Å²) in [5, 5.41) is 4.12. The Labute approximate surface area is 154 Å². The van der Waals surface area contributed by atoms with E-state index in [0.29, 0.717) is 11.8 Å². The van der Waals surface area contributed by atoms with E-state index in [2.05, 4.69) is 23.9 Å². The Bertz CT molecular complexity index is 666. The number of piperidine rings is 1. The minimum Gasteiger partial charge on any atom is -0.381 e. The van der Waals surface area contributed by atoms with E-state index in [1.807, 2.05) is 18.9 Å². The summed E-state index contributed by atoms with van der Waals surface area (Å²) >= 11 is 0. The molecule has 0 radical (unpaired) electrons. The van der Waals surface area contributed by atoms with Crippen molar-refractivity contribution >= 4 is 11.6 Å². The highest BCUT2D eigenvalue weighted by Crippen LogP contribution is 2.26. The lowest BCUT2D eigenvalue weighted by Crippen LogP contribution is -2.50. The van der Waals surface area contributed by atoms with Crippen LogP contribution in [0.15, 0.2) is 29.4 Å². The molecule has 0 bridgehead atoms. The normalized spacial score (nSPS) is 24.5. The highest BCUT2D eigenvalue weighted by molar-refractivity contribution is 6.05. The highest BCUT2D eigenvalue weighted by Gasteiger charge is 2.40. The Morgan fingerprint density at radius 3 is 2.46 bits per heavy atom.